The standard InChI is InChI=1S/C34H25N7O8S2/c35-31-30-22(19-29(51(47,48)49)33(34(30)43)41-38-23-4-2-1-3-5-23)18-28(50(44,45)46)32(31)40-39-25-12-8-21(9-13-25)20-6-10-24(11-7-20)36-37-26-14-16-27(42)17-15-26/h1-19,42-43H,35H2,(H,44,45,46)(H,47,48,49). The molecule has 6 rings (SSSR count). The first kappa shape index (κ1) is 34.5. The van der Waals surface area contributed by atoms with Crippen LogP contribution in [0.1, 0.15) is 0 Å². The Hall–Kier alpha value is -6.40. The van der Waals surface area contributed by atoms with Gasteiger partial charge in [0.1, 0.15) is 26.9 Å². The van der Waals surface area contributed by atoms with Crippen LogP contribution >= 0.6 is 0 Å². The van der Waals surface area contributed by atoms with Crippen molar-refractivity contribution in [3.05, 3.63) is 115 Å². The second-order valence-corrected chi connectivity index (χ2v) is 13.6. The third kappa shape index (κ3) is 7.76. The Morgan fingerprint density at radius 2 is 0.882 bits per heavy atom. The fourth-order valence-corrected chi connectivity index (χ4v) is 6.22. The Morgan fingerprint density at radius 3 is 1.35 bits per heavy atom. The van der Waals surface area contributed by atoms with Gasteiger partial charge in [-0.2, -0.15) is 37.3 Å². The molecule has 15 nitrogen and oxygen atoms in total. The number of azo groups is 3. The van der Waals surface area contributed by atoms with E-state index in [4.69, 9.17) is 5.73 Å². The van der Waals surface area contributed by atoms with Gasteiger partial charge in [0.15, 0.2) is 5.75 Å². The summed E-state index contributed by atoms with van der Waals surface area (Å²) in [6, 6.07) is 29.9. The molecule has 0 aromatic heterocycles. The maximum Gasteiger partial charge on any atom is 0.296 e. The average molecular weight is 724 g/mol. The smallest absolute Gasteiger partial charge is 0.296 e. The number of benzene rings is 6. The van der Waals surface area contributed by atoms with Gasteiger partial charge in [-0.3, -0.25) is 9.11 Å². The Morgan fingerprint density at radius 1 is 0.490 bits per heavy atom. The fraction of sp³-hybridized carbons (Fsp3) is 0. The molecule has 0 aliphatic heterocycles. The van der Waals surface area contributed by atoms with Crippen molar-refractivity contribution in [3.8, 4) is 22.6 Å². The zero-order chi connectivity index (χ0) is 36.3. The van der Waals surface area contributed by atoms with E-state index in [1.165, 1.54) is 12.1 Å². The fourth-order valence-electron chi connectivity index (χ4n) is 4.89. The van der Waals surface area contributed by atoms with Crippen LogP contribution in [0.5, 0.6) is 11.5 Å². The highest BCUT2D eigenvalue weighted by Crippen LogP contribution is 2.48. The number of hydrogen-bond donors (Lipinski definition) is 5. The summed E-state index contributed by atoms with van der Waals surface area (Å²) in [4.78, 5) is -1.73. The number of nitrogens with two attached hydrogens (primary N) is 1. The molecule has 0 aliphatic carbocycles. The molecule has 0 bridgehead atoms. The van der Waals surface area contributed by atoms with Gasteiger partial charge in [-0.25, -0.2) is 0 Å². The van der Waals surface area contributed by atoms with Gasteiger partial charge in [-0.15, -0.1) is 10.2 Å². The molecular formula is C34H25N7O8S2. The highest BCUT2D eigenvalue weighted by molar-refractivity contribution is 7.86. The summed E-state index contributed by atoms with van der Waals surface area (Å²) in [5.74, 6) is -0.726. The van der Waals surface area contributed by atoms with Crippen LogP contribution in [-0.2, 0) is 20.2 Å². The highest BCUT2D eigenvalue weighted by atomic mass is 32.2. The molecule has 6 aromatic carbocycles. The van der Waals surface area contributed by atoms with E-state index in [2.05, 4.69) is 30.7 Å². The Bertz CT molecular complexity index is 2580. The second-order valence-electron chi connectivity index (χ2n) is 10.8. The molecule has 6 N–H and O–H groups in total. The average Bonchev–Trinajstić information content (AvgIpc) is 3.10. The van der Waals surface area contributed by atoms with E-state index in [0.29, 0.717) is 17.1 Å². The van der Waals surface area contributed by atoms with E-state index in [0.717, 1.165) is 23.3 Å². The predicted molar refractivity (Wildman–Crippen MR) is 189 cm³/mol. The molecule has 0 amide bonds. The zero-order valence-corrected chi connectivity index (χ0v) is 27.6. The number of phenols is 2. The maximum atomic E-state index is 12.4. The van der Waals surface area contributed by atoms with Crippen LogP contribution in [0.25, 0.3) is 21.9 Å². The van der Waals surface area contributed by atoms with Gasteiger partial charge in [0, 0.05) is 0 Å². The van der Waals surface area contributed by atoms with Crippen LogP contribution in [0.4, 0.5) is 39.8 Å². The largest absolute Gasteiger partial charge is 0.508 e. The number of hydrogen-bond acceptors (Lipinski definition) is 13. The van der Waals surface area contributed by atoms with E-state index >= 15 is 0 Å². The van der Waals surface area contributed by atoms with E-state index in [-0.39, 0.29) is 22.2 Å². The normalized spacial score (nSPS) is 12.4. The van der Waals surface area contributed by atoms with Crippen LogP contribution in [-0.4, -0.2) is 36.2 Å². The predicted octanol–water partition coefficient (Wildman–Crippen LogP) is 9.24. The molecule has 256 valence electrons. The minimum Gasteiger partial charge on any atom is -0.508 e. The molecule has 17 heteroatoms. The number of rotatable bonds is 9. The van der Waals surface area contributed by atoms with Crippen LogP contribution < -0.4 is 5.73 Å². The molecule has 6 aromatic rings. The topological polar surface area (TPSA) is 249 Å². The molecule has 0 saturated carbocycles. The summed E-state index contributed by atoms with van der Waals surface area (Å²) in [6.07, 6.45) is 0. The summed E-state index contributed by atoms with van der Waals surface area (Å²) in [6.45, 7) is 0. The number of aromatic hydroxyl groups is 2. The van der Waals surface area contributed by atoms with Gasteiger partial charge in [0.2, 0.25) is 0 Å². The van der Waals surface area contributed by atoms with E-state index in [1.54, 1.807) is 78.9 Å². The van der Waals surface area contributed by atoms with Crippen molar-refractivity contribution in [2.45, 2.75) is 9.79 Å². The Labute approximate surface area is 290 Å². The lowest BCUT2D eigenvalue weighted by molar-refractivity contribution is 0.472. The van der Waals surface area contributed by atoms with Gasteiger partial charge in [-0.05, 0) is 89.3 Å². The first-order valence-electron chi connectivity index (χ1n) is 14.6. The lowest BCUT2D eigenvalue weighted by atomic mass is 10.0. The van der Waals surface area contributed by atoms with E-state index in [9.17, 15) is 36.2 Å². The van der Waals surface area contributed by atoms with Gasteiger partial charge in [-0.1, -0.05) is 42.5 Å². The molecule has 0 heterocycles. The van der Waals surface area contributed by atoms with Crippen molar-refractivity contribution in [2.75, 3.05) is 5.73 Å². The Kier molecular flexibility index (Phi) is 9.35. The maximum absolute atomic E-state index is 12.4. The molecule has 0 aliphatic rings. The van der Waals surface area contributed by atoms with Gasteiger partial charge in [0.05, 0.1) is 33.8 Å². The van der Waals surface area contributed by atoms with Gasteiger partial charge in [0.25, 0.3) is 20.2 Å². The van der Waals surface area contributed by atoms with Crippen molar-refractivity contribution in [1.29, 1.82) is 0 Å². The summed E-state index contributed by atoms with van der Waals surface area (Å²) >= 11 is 0. The Balaban J connectivity index is 1.34. The van der Waals surface area contributed by atoms with E-state index in [1.807, 2.05) is 12.1 Å². The molecule has 0 unspecified atom stereocenters. The molecular weight excluding hydrogens is 699 g/mol. The summed E-state index contributed by atoms with van der Waals surface area (Å²) < 4.78 is 69.3. The zero-order valence-electron chi connectivity index (χ0n) is 26.0. The third-order valence-electron chi connectivity index (χ3n) is 7.36. The second kappa shape index (κ2) is 13.8. The first-order valence-corrected chi connectivity index (χ1v) is 17.5. The molecule has 0 saturated heterocycles. The quantitative estimate of drug-likeness (QED) is 0.0540. The first-order chi connectivity index (χ1) is 24.3. The number of nitrogens with zero attached hydrogens (tertiary/aromatic N) is 6. The van der Waals surface area contributed by atoms with Crippen molar-refractivity contribution in [3.63, 3.8) is 0 Å². The minimum atomic E-state index is -5.03. The number of fused-ring (bicyclic) bond motifs is 1. The number of phenolic OH excluding ortho intramolecular Hbond substituents is 2. The molecule has 0 atom stereocenters. The van der Waals surface area contributed by atoms with Crippen molar-refractivity contribution in [1.82, 2.24) is 0 Å². The molecule has 0 spiro atoms. The monoisotopic (exact) mass is 723 g/mol. The van der Waals surface area contributed by atoms with Crippen molar-refractivity contribution < 1.29 is 36.2 Å². The van der Waals surface area contributed by atoms with E-state index < -0.39 is 52.8 Å². The lowest BCUT2D eigenvalue weighted by Gasteiger charge is -2.14. The summed E-state index contributed by atoms with van der Waals surface area (Å²) in [5, 5.41) is 44.2. The minimum absolute atomic E-state index is 0.128. The number of anilines is 1. The van der Waals surface area contributed by atoms with Crippen LogP contribution in [0, 0.1) is 0 Å². The molecule has 51 heavy (non-hydrogen) atoms. The summed E-state index contributed by atoms with van der Waals surface area (Å²) in [7, 11) is -10.1. The van der Waals surface area contributed by atoms with Gasteiger partial charge >= 0.3 is 0 Å². The number of nitrogen functional groups attached to an aromatic ring is 1. The van der Waals surface area contributed by atoms with Gasteiger partial charge < -0.3 is 15.9 Å². The molecule has 0 fully saturated rings. The lowest BCUT2D eigenvalue weighted by Crippen LogP contribution is -2.03. The summed E-state index contributed by atoms with van der Waals surface area (Å²) in [5.41, 5.74) is 7.96. The van der Waals surface area contributed by atoms with Crippen LogP contribution in [0.3, 0.4) is 0 Å². The SMILES string of the molecule is Nc1c(N=Nc2ccc(-c3ccc(N=Nc4ccc(O)cc4)cc3)cc2)c(S(=O)(=O)O)cc2cc(S(=O)(=O)O)c(N=Nc3ccccc3)c(O)c12. The molecule has 0 radical (unpaired) electrons. The van der Waals surface area contributed by atoms with Crippen molar-refractivity contribution >= 4 is 70.8 Å². The highest BCUT2D eigenvalue weighted by Gasteiger charge is 2.28. The van der Waals surface area contributed by atoms with Crippen molar-refractivity contribution in [2.24, 2.45) is 30.7 Å². The van der Waals surface area contributed by atoms with Crippen LogP contribution in [0.15, 0.2) is 156 Å². The third-order valence-corrected chi connectivity index (χ3v) is 9.09. The van der Waals surface area contributed by atoms with Crippen LogP contribution in [0.2, 0.25) is 0 Å².